The Morgan fingerprint density at radius 1 is 1.04 bits per heavy atom. The maximum Gasteiger partial charge on any atom is 0.231 e. The van der Waals surface area contributed by atoms with Crippen molar-refractivity contribution in [2.45, 2.75) is 18.9 Å². The van der Waals surface area contributed by atoms with E-state index in [0.717, 1.165) is 42.4 Å². The minimum Gasteiger partial charge on any atom is -0.493 e. The molecule has 1 N–H and O–H groups in total. The molecule has 5 nitrogen and oxygen atoms in total. The highest BCUT2D eigenvalue weighted by molar-refractivity contribution is 5.85. The molecule has 0 amide bonds. The van der Waals surface area contributed by atoms with E-state index >= 15 is 0 Å². The second kappa shape index (κ2) is 7.42. The first-order chi connectivity index (χ1) is 11.8. The summed E-state index contributed by atoms with van der Waals surface area (Å²) in [6.45, 7) is 1.26. The normalized spacial score (nSPS) is 17.4. The van der Waals surface area contributed by atoms with Crippen LogP contribution in [0.1, 0.15) is 22.7 Å². The minimum absolute atomic E-state index is 0. The van der Waals surface area contributed by atoms with Gasteiger partial charge in [0.2, 0.25) is 6.79 Å². The first kappa shape index (κ1) is 17.7. The quantitative estimate of drug-likeness (QED) is 0.903. The fraction of sp³-hybridized carbons (Fsp3) is 0.368. The van der Waals surface area contributed by atoms with Crippen molar-refractivity contribution in [3.63, 3.8) is 0 Å². The van der Waals surface area contributed by atoms with Gasteiger partial charge in [-0.05, 0) is 60.3 Å². The van der Waals surface area contributed by atoms with Crippen molar-refractivity contribution in [2.24, 2.45) is 0 Å². The molecule has 0 bridgehead atoms. The lowest BCUT2D eigenvalue weighted by Gasteiger charge is -2.28. The van der Waals surface area contributed by atoms with Gasteiger partial charge in [0.25, 0.3) is 0 Å². The van der Waals surface area contributed by atoms with Crippen LogP contribution in [-0.4, -0.2) is 27.6 Å². The fourth-order valence-electron chi connectivity index (χ4n) is 3.45. The molecule has 0 fully saturated rings. The van der Waals surface area contributed by atoms with Crippen LogP contribution in [0.2, 0.25) is 0 Å². The molecule has 134 valence electrons. The van der Waals surface area contributed by atoms with E-state index in [9.17, 15) is 0 Å². The molecule has 1 atom stereocenters. The van der Waals surface area contributed by atoms with Gasteiger partial charge in [0.15, 0.2) is 23.0 Å². The molecule has 25 heavy (non-hydrogen) atoms. The van der Waals surface area contributed by atoms with Crippen molar-refractivity contribution >= 4 is 12.4 Å². The second-order valence-corrected chi connectivity index (χ2v) is 6.05. The van der Waals surface area contributed by atoms with Gasteiger partial charge in [0.1, 0.15) is 0 Å². The van der Waals surface area contributed by atoms with Crippen molar-refractivity contribution in [1.82, 2.24) is 5.32 Å². The van der Waals surface area contributed by atoms with E-state index in [-0.39, 0.29) is 18.4 Å². The van der Waals surface area contributed by atoms with Crippen molar-refractivity contribution in [3.05, 3.63) is 47.0 Å². The summed E-state index contributed by atoms with van der Waals surface area (Å²) in [5.74, 6) is 3.22. The molecule has 2 aliphatic rings. The third-order valence-corrected chi connectivity index (χ3v) is 4.68. The van der Waals surface area contributed by atoms with Crippen molar-refractivity contribution in [2.75, 3.05) is 27.6 Å². The zero-order chi connectivity index (χ0) is 16.5. The van der Waals surface area contributed by atoms with E-state index in [1.54, 1.807) is 14.2 Å². The molecule has 2 aromatic rings. The summed E-state index contributed by atoms with van der Waals surface area (Å²) in [6, 6.07) is 10.6. The molecule has 2 aliphatic heterocycles. The van der Waals surface area contributed by atoms with Crippen molar-refractivity contribution < 1.29 is 18.9 Å². The zero-order valence-corrected chi connectivity index (χ0v) is 15.2. The lowest BCUT2D eigenvalue weighted by Crippen LogP contribution is -2.31. The van der Waals surface area contributed by atoms with Crippen LogP contribution >= 0.6 is 12.4 Å². The van der Waals surface area contributed by atoms with Crippen LogP contribution in [0.3, 0.4) is 0 Å². The predicted octanol–water partition coefficient (Wildman–Crippen LogP) is 3.28. The van der Waals surface area contributed by atoms with Gasteiger partial charge in [-0.1, -0.05) is 6.07 Å². The van der Waals surface area contributed by atoms with E-state index in [4.69, 9.17) is 18.9 Å². The molecule has 2 heterocycles. The average molecular weight is 364 g/mol. The number of benzene rings is 2. The van der Waals surface area contributed by atoms with E-state index in [0.29, 0.717) is 6.79 Å². The lowest BCUT2D eigenvalue weighted by atomic mass is 9.89. The summed E-state index contributed by atoms with van der Waals surface area (Å²) in [5.41, 5.74) is 3.81. The van der Waals surface area contributed by atoms with Gasteiger partial charge < -0.3 is 24.3 Å². The van der Waals surface area contributed by atoms with E-state index < -0.39 is 0 Å². The summed E-state index contributed by atoms with van der Waals surface area (Å²) >= 11 is 0. The maximum atomic E-state index is 5.49. The van der Waals surface area contributed by atoms with Gasteiger partial charge >= 0.3 is 0 Å². The molecule has 0 aromatic heterocycles. The summed E-state index contributed by atoms with van der Waals surface area (Å²) in [5, 5.41) is 3.61. The standard InChI is InChI=1S/C19H21NO4.ClH/c1-21-17-9-13-5-6-20-15(14(13)10-18(17)22-2)7-12-3-4-16-19(8-12)24-11-23-16;/h3-4,8-10,15,20H,5-7,11H2,1-2H3;1H. The van der Waals surface area contributed by atoms with Crippen LogP contribution in [0.5, 0.6) is 23.0 Å². The van der Waals surface area contributed by atoms with Crippen LogP contribution in [0.15, 0.2) is 30.3 Å². The van der Waals surface area contributed by atoms with Gasteiger partial charge in [-0.15, -0.1) is 12.4 Å². The number of methoxy groups -OCH3 is 2. The number of ether oxygens (including phenoxy) is 4. The van der Waals surface area contributed by atoms with Gasteiger partial charge in [-0.3, -0.25) is 0 Å². The largest absolute Gasteiger partial charge is 0.493 e. The number of rotatable bonds is 4. The molecule has 0 saturated carbocycles. The Hall–Kier alpha value is -2.11. The topological polar surface area (TPSA) is 49.0 Å². The highest BCUT2D eigenvalue weighted by Crippen LogP contribution is 2.38. The third kappa shape index (κ3) is 3.34. The smallest absolute Gasteiger partial charge is 0.231 e. The molecule has 1 unspecified atom stereocenters. The van der Waals surface area contributed by atoms with E-state index in [1.165, 1.54) is 16.7 Å². The molecule has 0 saturated heterocycles. The number of hydrogen-bond donors (Lipinski definition) is 1. The minimum atomic E-state index is 0. The summed E-state index contributed by atoms with van der Waals surface area (Å²) < 4.78 is 21.8. The van der Waals surface area contributed by atoms with Crippen LogP contribution in [-0.2, 0) is 12.8 Å². The maximum absolute atomic E-state index is 5.49. The van der Waals surface area contributed by atoms with Crippen LogP contribution in [0, 0.1) is 0 Å². The predicted molar refractivity (Wildman–Crippen MR) is 97.5 cm³/mol. The van der Waals surface area contributed by atoms with Crippen LogP contribution in [0.25, 0.3) is 0 Å². The highest BCUT2D eigenvalue weighted by atomic mass is 35.5. The first-order valence-corrected chi connectivity index (χ1v) is 8.15. The zero-order valence-electron chi connectivity index (χ0n) is 14.3. The number of fused-ring (bicyclic) bond motifs is 2. The molecular formula is C19H22ClNO4. The second-order valence-electron chi connectivity index (χ2n) is 6.05. The molecule has 0 spiro atoms. The number of halogens is 1. The van der Waals surface area contributed by atoms with Crippen LogP contribution in [0.4, 0.5) is 0 Å². The Bertz CT molecular complexity index is 765. The van der Waals surface area contributed by atoms with Gasteiger partial charge in [0, 0.05) is 6.04 Å². The Balaban J connectivity index is 0.00000182. The number of hydrogen-bond acceptors (Lipinski definition) is 5. The molecule has 0 radical (unpaired) electrons. The summed E-state index contributed by atoms with van der Waals surface area (Å²) in [4.78, 5) is 0. The van der Waals surface area contributed by atoms with Gasteiger partial charge in [-0.2, -0.15) is 0 Å². The lowest BCUT2D eigenvalue weighted by molar-refractivity contribution is 0.174. The molecule has 6 heteroatoms. The van der Waals surface area contributed by atoms with Crippen molar-refractivity contribution in [1.29, 1.82) is 0 Å². The van der Waals surface area contributed by atoms with Gasteiger partial charge in [-0.25, -0.2) is 0 Å². The molecular weight excluding hydrogens is 342 g/mol. The Morgan fingerprint density at radius 2 is 1.80 bits per heavy atom. The summed E-state index contributed by atoms with van der Waals surface area (Å²) in [6.07, 6.45) is 1.88. The molecule has 2 aromatic carbocycles. The summed E-state index contributed by atoms with van der Waals surface area (Å²) in [7, 11) is 3.35. The highest BCUT2D eigenvalue weighted by Gasteiger charge is 2.23. The van der Waals surface area contributed by atoms with Crippen LogP contribution < -0.4 is 24.3 Å². The Labute approximate surface area is 153 Å². The van der Waals surface area contributed by atoms with Gasteiger partial charge in [0.05, 0.1) is 14.2 Å². The van der Waals surface area contributed by atoms with E-state index in [1.807, 2.05) is 6.07 Å². The Morgan fingerprint density at radius 3 is 2.60 bits per heavy atom. The van der Waals surface area contributed by atoms with Crippen molar-refractivity contribution in [3.8, 4) is 23.0 Å². The molecule has 4 rings (SSSR count). The third-order valence-electron chi connectivity index (χ3n) is 4.68. The molecule has 0 aliphatic carbocycles. The first-order valence-electron chi connectivity index (χ1n) is 8.15. The number of nitrogens with one attached hydrogen (secondary N) is 1. The Kier molecular flexibility index (Phi) is 5.25. The monoisotopic (exact) mass is 363 g/mol. The SMILES string of the molecule is COc1cc2c(cc1OC)C(Cc1ccc3c(c1)OCO3)NCC2.Cl. The fourth-order valence-corrected chi connectivity index (χ4v) is 3.45. The van der Waals surface area contributed by atoms with E-state index in [2.05, 4.69) is 29.6 Å². The average Bonchev–Trinajstić information content (AvgIpc) is 3.08.